The molecule has 1 aromatic heterocycles. The lowest BCUT2D eigenvalue weighted by Crippen LogP contribution is -2.52. The lowest BCUT2D eigenvalue weighted by molar-refractivity contribution is -0.129. The van der Waals surface area contributed by atoms with Crippen molar-refractivity contribution in [2.75, 3.05) is 40.4 Å². The standard InChI is InChI=1S/C42H55N5O4/c1-11-33-24-45(23-30-13-12-14-34-29(4)47(16-15-35(30)34)41(49)32(22-43)21-42(5,6)7)17-18-46(33)26-37-38(50-9)19-31(20-39(37)51-10)36-25-44(8)40(48)28(3)27(36)2/h12-14,19-21,25,29,33H,11,15-18,23-24,26H2,1-10H3/b32-21+/t29?,33-/m0/s1. The number of pyridine rings is 1. The fourth-order valence-corrected chi connectivity index (χ4v) is 7.80. The van der Waals surface area contributed by atoms with E-state index in [0.29, 0.717) is 19.1 Å². The van der Waals surface area contributed by atoms with Gasteiger partial charge < -0.3 is 18.9 Å². The van der Waals surface area contributed by atoms with Crippen LogP contribution in [0.1, 0.15) is 80.5 Å². The van der Waals surface area contributed by atoms with Gasteiger partial charge in [0.25, 0.3) is 11.5 Å². The third kappa shape index (κ3) is 7.93. The van der Waals surface area contributed by atoms with Crippen LogP contribution >= 0.6 is 0 Å². The van der Waals surface area contributed by atoms with Crippen molar-refractivity contribution in [1.29, 1.82) is 5.26 Å². The van der Waals surface area contributed by atoms with Gasteiger partial charge in [-0.2, -0.15) is 5.26 Å². The summed E-state index contributed by atoms with van der Waals surface area (Å²) < 4.78 is 13.6. The van der Waals surface area contributed by atoms with Gasteiger partial charge in [-0.15, -0.1) is 0 Å². The molecule has 272 valence electrons. The molecular weight excluding hydrogens is 638 g/mol. The molecule has 0 bridgehead atoms. The Labute approximate surface area is 304 Å². The summed E-state index contributed by atoms with van der Waals surface area (Å²) in [6, 6.07) is 13.0. The van der Waals surface area contributed by atoms with E-state index in [1.165, 1.54) is 16.7 Å². The number of piperazine rings is 1. The van der Waals surface area contributed by atoms with E-state index < -0.39 is 0 Å². The molecule has 3 aromatic rings. The number of nitrogens with zero attached hydrogens (tertiary/aromatic N) is 5. The number of allylic oxidation sites excluding steroid dienone is 1. The van der Waals surface area contributed by atoms with Gasteiger partial charge in [-0.3, -0.25) is 19.4 Å². The number of ether oxygens (including phenoxy) is 2. The highest BCUT2D eigenvalue weighted by Gasteiger charge is 2.33. The van der Waals surface area contributed by atoms with Crippen molar-refractivity contribution in [3.8, 4) is 28.7 Å². The average Bonchev–Trinajstić information content (AvgIpc) is 3.11. The molecule has 0 saturated carbocycles. The zero-order chi connectivity index (χ0) is 37.2. The highest BCUT2D eigenvalue weighted by Crippen LogP contribution is 2.38. The molecule has 1 fully saturated rings. The minimum Gasteiger partial charge on any atom is -0.496 e. The van der Waals surface area contributed by atoms with E-state index in [1.807, 2.05) is 45.7 Å². The van der Waals surface area contributed by atoms with E-state index in [1.54, 1.807) is 31.9 Å². The topological polar surface area (TPSA) is 91.0 Å². The number of amides is 1. The number of aryl methyl sites for hydroxylation is 1. The van der Waals surface area contributed by atoms with Gasteiger partial charge in [-0.1, -0.05) is 52.0 Å². The van der Waals surface area contributed by atoms with E-state index in [0.717, 1.165) is 78.3 Å². The molecule has 9 nitrogen and oxygen atoms in total. The number of carbonyl (C=O) groups excluding carboxylic acids is 1. The highest BCUT2D eigenvalue weighted by atomic mass is 16.5. The molecule has 0 aliphatic carbocycles. The van der Waals surface area contributed by atoms with Crippen molar-refractivity contribution < 1.29 is 14.3 Å². The normalized spacial score (nSPS) is 18.7. The van der Waals surface area contributed by atoms with Gasteiger partial charge in [0.1, 0.15) is 23.1 Å². The Morgan fingerprint density at radius 2 is 1.73 bits per heavy atom. The van der Waals surface area contributed by atoms with Crippen LogP contribution in [-0.4, -0.2) is 71.6 Å². The van der Waals surface area contributed by atoms with Crippen LogP contribution in [-0.2, 0) is 31.4 Å². The summed E-state index contributed by atoms with van der Waals surface area (Å²) in [5.74, 6) is 1.37. The molecule has 2 aliphatic heterocycles. The van der Waals surface area contributed by atoms with Crippen molar-refractivity contribution >= 4 is 5.91 Å². The lowest BCUT2D eigenvalue weighted by Gasteiger charge is -2.42. The van der Waals surface area contributed by atoms with Crippen molar-refractivity contribution in [2.45, 2.75) is 86.5 Å². The summed E-state index contributed by atoms with van der Waals surface area (Å²) >= 11 is 0. The Balaban J connectivity index is 1.32. The number of carbonyl (C=O) groups is 1. The summed E-state index contributed by atoms with van der Waals surface area (Å²) in [6.45, 7) is 19.2. The summed E-state index contributed by atoms with van der Waals surface area (Å²) in [5, 5.41) is 9.78. The predicted octanol–water partition coefficient (Wildman–Crippen LogP) is 6.72. The van der Waals surface area contributed by atoms with E-state index in [4.69, 9.17) is 9.47 Å². The fraction of sp³-hybridized carbons (Fsp3) is 0.500. The molecule has 5 rings (SSSR count). The Hall–Kier alpha value is -4.39. The number of methoxy groups -OCH3 is 2. The molecule has 1 unspecified atom stereocenters. The zero-order valence-corrected chi connectivity index (χ0v) is 32.2. The summed E-state index contributed by atoms with van der Waals surface area (Å²) in [4.78, 5) is 33.0. The molecule has 1 saturated heterocycles. The van der Waals surface area contributed by atoms with Gasteiger partial charge >= 0.3 is 0 Å². The minimum atomic E-state index is -0.252. The van der Waals surface area contributed by atoms with E-state index in [-0.39, 0.29) is 28.5 Å². The molecule has 2 aromatic carbocycles. The second-order valence-electron chi connectivity index (χ2n) is 15.3. The second-order valence-corrected chi connectivity index (χ2v) is 15.3. The number of benzene rings is 2. The molecule has 0 radical (unpaired) electrons. The molecule has 0 N–H and O–H groups in total. The van der Waals surface area contributed by atoms with Crippen molar-refractivity contribution in [1.82, 2.24) is 19.3 Å². The lowest BCUT2D eigenvalue weighted by atomic mass is 9.88. The third-order valence-corrected chi connectivity index (χ3v) is 10.8. The first-order valence-corrected chi connectivity index (χ1v) is 18.1. The van der Waals surface area contributed by atoms with Crippen LogP contribution in [0.5, 0.6) is 11.5 Å². The van der Waals surface area contributed by atoms with Crippen LogP contribution in [0.3, 0.4) is 0 Å². The van der Waals surface area contributed by atoms with Crippen LogP contribution < -0.4 is 15.0 Å². The molecule has 0 spiro atoms. The second kappa shape index (κ2) is 15.5. The molecule has 2 atom stereocenters. The maximum atomic E-state index is 13.5. The van der Waals surface area contributed by atoms with Crippen molar-refractivity contribution in [2.24, 2.45) is 12.5 Å². The minimum absolute atomic E-state index is 0.0104. The van der Waals surface area contributed by atoms with Gasteiger partial charge in [-0.25, -0.2) is 0 Å². The Kier molecular flexibility index (Phi) is 11.5. The van der Waals surface area contributed by atoms with Crippen LogP contribution in [0.4, 0.5) is 0 Å². The first-order chi connectivity index (χ1) is 24.2. The van der Waals surface area contributed by atoms with E-state index in [2.05, 4.69) is 60.0 Å². The zero-order valence-electron chi connectivity index (χ0n) is 32.2. The Morgan fingerprint density at radius 3 is 2.33 bits per heavy atom. The van der Waals surface area contributed by atoms with Crippen LogP contribution in [0, 0.1) is 30.6 Å². The predicted molar refractivity (Wildman–Crippen MR) is 203 cm³/mol. The SMILES string of the molecule is CC[C@H]1CN(Cc2cccc3c2CCN(C(=O)/C(C#N)=C/C(C)(C)C)C3C)CCN1Cc1c(OC)cc(-c2cn(C)c(=O)c(C)c2C)cc1OC. The molecule has 2 aliphatic rings. The Morgan fingerprint density at radius 1 is 1.04 bits per heavy atom. The number of nitriles is 1. The number of hydrogen-bond acceptors (Lipinski definition) is 7. The average molecular weight is 694 g/mol. The van der Waals surface area contributed by atoms with E-state index in [9.17, 15) is 14.9 Å². The van der Waals surface area contributed by atoms with Gasteiger partial charge in [-0.05, 0) is 79.0 Å². The third-order valence-electron chi connectivity index (χ3n) is 10.8. The maximum absolute atomic E-state index is 13.5. The number of aromatic nitrogens is 1. The van der Waals surface area contributed by atoms with Gasteiger partial charge in [0.15, 0.2) is 0 Å². The van der Waals surface area contributed by atoms with Crippen molar-refractivity contribution in [3.63, 3.8) is 0 Å². The number of rotatable bonds is 9. The smallest absolute Gasteiger partial charge is 0.264 e. The Bertz CT molecular complexity index is 1890. The quantitative estimate of drug-likeness (QED) is 0.182. The number of hydrogen-bond donors (Lipinski definition) is 0. The van der Waals surface area contributed by atoms with Gasteiger partial charge in [0.05, 0.1) is 25.8 Å². The summed E-state index contributed by atoms with van der Waals surface area (Å²) in [7, 11) is 5.20. The largest absolute Gasteiger partial charge is 0.496 e. The molecule has 1 amide bonds. The first kappa shape index (κ1) is 37.9. The van der Waals surface area contributed by atoms with Gasteiger partial charge in [0, 0.05) is 69.7 Å². The van der Waals surface area contributed by atoms with E-state index >= 15 is 0 Å². The molecular formula is C42H55N5O4. The molecule has 3 heterocycles. The molecule has 51 heavy (non-hydrogen) atoms. The maximum Gasteiger partial charge on any atom is 0.264 e. The molecule has 9 heteroatoms. The van der Waals surface area contributed by atoms with Crippen LogP contribution in [0.25, 0.3) is 11.1 Å². The van der Waals surface area contributed by atoms with Crippen molar-refractivity contribution in [3.05, 3.63) is 91.9 Å². The number of fused-ring (bicyclic) bond motifs is 1. The summed E-state index contributed by atoms with van der Waals surface area (Å²) in [6.07, 6.45) is 5.47. The monoisotopic (exact) mass is 693 g/mol. The first-order valence-electron chi connectivity index (χ1n) is 18.1. The van der Waals surface area contributed by atoms with Crippen LogP contribution in [0.15, 0.2) is 53.0 Å². The highest BCUT2D eigenvalue weighted by molar-refractivity contribution is 5.97. The summed E-state index contributed by atoms with van der Waals surface area (Å²) in [5.41, 5.74) is 8.48. The fourth-order valence-electron chi connectivity index (χ4n) is 7.80. The van der Waals surface area contributed by atoms with Gasteiger partial charge in [0.2, 0.25) is 0 Å². The van der Waals surface area contributed by atoms with Crippen LogP contribution in [0.2, 0.25) is 0 Å².